The Kier molecular flexibility index (Phi) is 4.38. The first kappa shape index (κ1) is 15.6. The number of nitrogens with two attached hydrogens (primary N) is 1. The highest BCUT2D eigenvalue weighted by Crippen LogP contribution is 2.29. The van der Waals surface area contributed by atoms with E-state index in [9.17, 15) is 18.0 Å². The molecular weight excluding hydrogens is 289 g/mol. The van der Waals surface area contributed by atoms with Gasteiger partial charge < -0.3 is 20.5 Å². The van der Waals surface area contributed by atoms with Gasteiger partial charge in [0.25, 0.3) is 0 Å². The van der Waals surface area contributed by atoms with E-state index < -0.39 is 30.0 Å². The van der Waals surface area contributed by atoms with Gasteiger partial charge in [0.2, 0.25) is 0 Å². The van der Waals surface area contributed by atoms with Gasteiger partial charge >= 0.3 is 12.3 Å². The first-order valence-electron chi connectivity index (χ1n) is 6.28. The van der Waals surface area contributed by atoms with E-state index in [1.807, 2.05) is 0 Å². The van der Waals surface area contributed by atoms with Crippen LogP contribution in [0.3, 0.4) is 0 Å². The van der Waals surface area contributed by atoms with Gasteiger partial charge in [0.05, 0.1) is 30.9 Å². The minimum Gasteiger partial charge on any atom is -0.465 e. The zero-order chi connectivity index (χ0) is 15.6. The number of benzene rings is 1. The molecule has 1 aliphatic rings. The number of alkyl halides is 3. The van der Waals surface area contributed by atoms with Crippen LogP contribution in [0.5, 0.6) is 0 Å². The fraction of sp³-hybridized carbons (Fsp3) is 0.462. The molecule has 1 aromatic rings. The van der Waals surface area contributed by atoms with Gasteiger partial charge in [-0.2, -0.15) is 13.2 Å². The van der Waals surface area contributed by atoms with Crippen LogP contribution in [-0.2, 0) is 17.5 Å². The molecule has 1 heterocycles. The average molecular weight is 304 g/mol. The highest BCUT2D eigenvalue weighted by molar-refractivity contribution is 5.65. The summed E-state index contributed by atoms with van der Waals surface area (Å²) in [6, 6.07) is 4.19. The van der Waals surface area contributed by atoms with Crippen molar-refractivity contribution in [2.24, 2.45) is 5.73 Å². The summed E-state index contributed by atoms with van der Waals surface area (Å²) < 4.78 is 42.7. The number of carboxylic acid groups (broad SMARTS) is 1. The van der Waals surface area contributed by atoms with Gasteiger partial charge in [-0.05, 0) is 17.7 Å². The molecule has 2 rings (SSSR count). The van der Waals surface area contributed by atoms with E-state index in [-0.39, 0.29) is 19.7 Å². The fourth-order valence-corrected chi connectivity index (χ4v) is 2.12. The molecule has 0 unspecified atom stereocenters. The third-order valence-electron chi connectivity index (χ3n) is 3.32. The minimum absolute atomic E-state index is 0.0873. The summed E-state index contributed by atoms with van der Waals surface area (Å²) in [5.41, 5.74) is 5.63. The van der Waals surface area contributed by atoms with Crippen molar-refractivity contribution in [3.8, 4) is 0 Å². The Bertz CT molecular complexity index is 504. The van der Waals surface area contributed by atoms with Crippen LogP contribution in [0.4, 0.5) is 18.0 Å². The highest BCUT2D eigenvalue weighted by Gasteiger charge is 2.33. The van der Waals surface area contributed by atoms with Crippen molar-refractivity contribution in [3.63, 3.8) is 0 Å². The van der Waals surface area contributed by atoms with Crippen molar-refractivity contribution < 1.29 is 27.8 Å². The summed E-state index contributed by atoms with van der Waals surface area (Å²) in [5, 5.41) is 8.85. The number of nitrogens with zero attached hydrogens (tertiary/aromatic N) is 1. The predicted octanol–water partition coefficient (Wildman–Crippen LogP) is 1.91. The molecule has 0 radical (unpaired) electrons. The van der Waals surface area contributed by atoms with Crippen molar-refractivity contribution in [3.05, 3.63) is 35.4 Å². The second-order valence-electron chi connectivity index (χ2n) is 4.90. The largest absolute Gasteiger partial charge is 0.465 e. The van der Waals surface area contributed by atoms with E-state index in [0.717, 1.165) is 17.0 Å². The molecular formula is C13H15F3N2O3. The zero-order valence-corrected chi connectivity index (χ0v) is 11.0. The Labute approximate surface area is 119 Å². The van der Waals surface area contributed by atoms with E-state index in [1.165, 1.54) is 12.1 Å². The van der Waals surface area contributed by atoms with Crippen LogP contribution >= 0.6 is 0 Å². The van der Waals surface area contributed by atoms with Crippen LogP contribution < -0.4 is 5.73 Å². The molecule has 1 amide bonds. The molecule has 0 bridgehead atoms. The van der Waals surface area contributed by atoms with Crippen LogP contribution in [0.1, 0.15) is 11.1 Å². The number of likely N-dealkylation sites (tertiary alicyclic amines) is 1. The van der Waals surface area contributed by atoms with E-state index in [4.69, 9.17) is 15.6 Å². The number of rotatable bonds is 3. The second-order valence-corrected chi connectivity index (χ2v) is 4.90. The first-order chi connectivity index (χ1) is 9.77. The lowest BCUT2D eigenvalue weighted by Gasteiger charge is -2.15. The van der Waals surface area contributed by atoms with Crippen molar-refractivity contribution in [2.45, 2.75) is 24.9 Å². The highest BCUT2D eigenvalue weighted by atomic mass is 19.4. The summed E-state index contributed by atoms with van der Waals surface area (Å²) in [5.74, 6) is 0. The third kappa shape index (κ3) is 3.85. The smallest absolute Gasteiger partial charge is 0.416 e. The predicted molar refractivity (Wildman–Crippen MR) is 67.6 cm³/mol. The van der Waals surface area contributed by atoms with Gasteiger partial charge in [0.1, 0.15) is 0 Å². The molecule has 1 fully saturated rings. The molecule has 5 nitrogen and oxygen atoms in total. The fourth-order valence-electron chi connectivity index (χ4n) is 2.12. The van der Waals surface area contributed by atoms with Gasteiger partial charge in [-0.3, -0.25) is 0 Å². The topological polar surface area (TPSA) is 75.8 Å². The summed E-state index contributed by atoms with van der Waals surface area (Å²) in [7, 11) is 0. The number of hydrogen-bond acceptors (Lipinski definition) is 3. The van der Waals surface area contributed by atoms with Crippen LogP contribution in [0.2, 0.25) is 0 Å². The summed E-state index contributed by atoms with van der Waals surface area (Å²) in [6.07, 6.45) is -5.88. The van der Waals surface area contributed by atoms with Gasteiger partial charge in [-0.1, -0.05) is 12.1 Å². The molecule has 0 aliphatic carbocycles. The molecule has 1 saturated heterocycles. The van der Waals surface area contributed by atoms with Gasteiger partial charge in [0, 0.05) is 6.54 Å². The summed E-state index contributed by atoms with van der Waals surface area (Å²) in [4.78, 5) is 12.0. The molecule has 2 atom stereocenters. The van der Waals surface area contributed by atoms with E-state index in [2.05, 4.69) is 0 Å². The molecule has 116 valence electrons. The lowest BCUT2D eigenvalue weighted by molar-refractivity contribution is -0.137. The number of carbonyl (C=O) groups is 1. The molecule has 0 saturated carbocycles. The molecule has 21 heavy (non-hydrogen) atoms. The quantitative estimate of drug-likeness (QED) is 0.894. The molecule has 0 spiro atoms. The Hall–Kier alpha value is -1.80. The Balaban J connectivity index is 1.90. The molecule has 1 aromatic carbocycles. The van der Waals surface area contributed by atoms with Crippen LogP contribution in [-0.4, -0.2) is 41.3 Å². The van der Waals surface area contributed by atoms with E-state index >= 15 is 0 Å². The summed E-state index contributed by atoms with van der Waals surface area (Å²) >= 11 is 0. The molecule has 1 aliphatic heterocycles. The maximum atomic E-state index is 12.4. The third-order valence-corrected chi connectivity index (χ3v) is 3.32. The maximum absolute atomic E-state index is 12.4. The standard InChI is InChI=1S/C13H15F3N2O3/c14-13(15,16)9-3-1-8(2-4-9)7-21-11-6-18(12(19)20)5-10(11)17/h1-4,10-11H,5-7,17H2,(H,19,20)/t10-,11-/m1/s1. The van der Waals surface area contributed by atoms with Crippen molar-refractivity contribution in [1.29, 1.82) is 0 Å². The molecule has 0 aromatic heterocycles. The summed E-state index contributed by atoms with van der Waals surface area (Å²) in [6.45, 7) is 0.439. The second kappa shape index (κ2) is 5.90. The monoisotopic (exact) mass is 304 g/mol. The van der Waals surface area contributed by atoms with Gasteiger partial charge in [0.15, 0.2) is 0 Å². The van der Waals surface area contributed by atoms with Crippen LogP contribution in [0.15, 0.2) is 24.3 Å². The number of ether oxygens (including phenoxy) is 1. The number of amides is 1. The van der Waals surface area contributed by atoms with E-state index in [0.29, 0.717) is 5.56 Å². The maximum Gasteiger partial charge on any atom is 0.416 e. The van der Waals surface area contributed by atoms with Crippen LogP contribution in [0, 0.1) is 0 Å². The Morgan fingerprint density at radius 2 is 1.95 bits per heavy atom. The number of hydrogen-bond donors (Lipinski definition) is 2. The first-order valence-corrected chi connectivity index (χ1v) is 6.28. The van der Waals surface area contributed by atoms with Crippen LogP contribution in [0.25, 0.3) is 0 Å². The van der Waals surface area contributed by atoms with Crippen molar-refractivity contribution in [2.75, 3.05) is 13.1 Å². The average Bonchev–Trinajstić information content (AvgIpc) is 2.77. The SMILES string of the molecule is N[C@@H]1CN(C(=O)O)C[C@H]1OCc1ccc(C(F)(F)F)cc1. The minimum atomic E-state index is -4.37. The van der Waals surface area contributed by atoms with Gasteiger partial charge in [-0.25, -0.2) is 4.79 Å². The van der Waals surface area contributed by atoms with Crippen molar-refractivity contribution in [1.82, 2.24) is 4.90 Å². The molecule has 3 N–H and O–H groups in total. The van der Waals surface area contributed by atoms with Crippen molar-refractivity contribution >= 4 is 6.09 Å². The normalized spacial score (nSPS) is 22.6. The van der Waals surface area contributed by atoms with Gasteiger partial charge in [-0.15, -0.1) is 0 Å². The lowest BCUT2D eigenvalue weighted by Crippen LogP contribution is -2.35. The molecule has 8 heteroatoms. The Morgan fingerprint density at radius 1 is 1.33 bits per heavy atom. The zero-order valence-electron chi connectivity index (χ0n) is 11.0. The number of halogens is 3. The Morgan fingerprint density at radius 3 is 2.43 bits per heavy atom. The lowest BCUT2D eigenvalue weighted by atomic mass is 10.1. The van der Waals surface area contributed by atoms with E-state index in [1.54, 1.807) is 0 Å².